The molecule has 1 N–H and O–H groups in total. The van der Waals surface area contributed by atoms with Crippen LogP contribution in [0.1, 0.15) is 75.8 Å². The van der Waals surface area contributed by atoms with E-state index >= 15 is 0 Å². The van der Waals surface area contributed by atoms with Gasteiger partial charge in [0.05, 0.1) is 23.2 Å². The molecule has 0 bridgehead atoms. The molecular weight excluding hydrogens is 517 g/mol. The molecule has 7 heteroatoms. The molecule has 0 aromatic heterocycles. The Morgan fingerprint density at radius 1 is 1.05 bits per heavy atom. The number of rotatable bonds is 6. The van der Waals surface area contributed by atoms with Crippen molar-refractivity contribution in [2.24, 2.45) is 0 Å². The highest BCUT2D eigenvalue weighted by atomic mass is 35.5. The van der Waals surface area contributed by atoms with Crippen molar-refractivity contribution < 1.29 is 23.8 Å². The van der Waals surface area contributed by atoms with Crippen LogP contribution in [-0.4, -0.2) is 23.4 Å². The monoisotopic (exact) mass is 549 g/mol. The van der Waals surface area contributed by atoms with Crippen molar-refractivity contribution in [3.63, 3.8) is 0 Å². The zero-order chi connectivity index (χ0) is 28.6. The lowest BCUT2D eigenvalue weighted by atomic mass is 9.85. The number of carbonyl (C=O) groups excluding carboxylic acids is 2. The van der Waals surface area contributed by atoms with Gasteiger partial charge in [0.25, 0.3) is 11.7 Å². The number of hydrogen-bond acceptors (Lipinski definition) is 4. The van der Waals surface area contributed by atoms with Gasteiger partial charge in [-0.25, -0.2) is 4.39 Å². The van der Waals surface area contributed by atoms with Crippen LogP contribution in [0.25, 0.3) is 5.76 Å². The Morgan fingerprint density at radius 2 is 1.72 bits per heavy atom. The minimum Gasteiger partial charge on any atom is -0.507 e. The molecule has 4 rings (SSSR count). The van der Waals surface area contributed by atoms with Crippen LogP contribution in [0, 0.1) is 5.82 Å². The van der Waals surface area contributed by atoms with Crippen LogP contribution < -0.4 is 9.64 Å². The molecule has 3 aromatic carbocycles. The van der Waals surface area contributed by atoms with E-state index in [0.717, 1.165) is 17.2 Å². The van der Waals surface area contributed by atoms with Crippen molar-refractivity contribution in [2.75, 3.05) is 11.5 Å². The molecule has 1 atom stereocenters. The highest BCUT2D eigenvalue weighted by Crippen LogP contribution is 2.44. The van der Waals surface area contributed by atoms with Gasteiger partial charge in [0, 0.05) is 11.3 Å². The number of amides is 1. The van der Waals surface area contributed by atoms with E-state index < -0.39 is 23.5 Å². The van der Waals surface area contributed by atoms with Crippen molar-refractivity contribution in [1.29, 1.82) is 0 Å². The Kier molecular flexibility index (Phi) is 7.89. The van der Waals surface area contributed by atoms with Crippen molar-refractivity contribution >= 4 is 34.7 Å². The fourth-order valence-electron chi connectivity index (χ4n) is 4.80. The number of ether oxygens (including phenoxy) is 1. The molecule has 0 spiro atoms. The molecule has 39 heavy (non-hydrogen) atoms. The lowest BCUT2D eigenvalue weighted by Gasteiger charge is -2.27. The highest BCUT2D eigenvalue weighted by Gasteiger charge is 2.47. The summed E-state index contributed by atoms with van der Waals surface area (Å²) >= 11 is 6.05. The molecule has 1 aliphatic heterocycles. The summed E-state index contributed by atoms with van der Waals surface area (Å²) in [5, 5.41) is 11.4. The maximum absolute atomic E-state index is 14.0. The third kappa shape index (κ3) is 5.44. The van der Waals surface area contributed by atoms with Gasteiger partial charge in [-0.1, -0.05) is 70.5 Å². The van der Waals surface area contributed by atoms with E-state index in [9.17, 15) is 19.1 Å². The Morgan fingerprint density at radius 3 is 2.28 bits per heavy atom. The quantitative estimate of drug-likeness (QED) is 0.193. The predicted molar refractivity (Wildman–Crippen MR) is 153 cm³/mol. The second-order valence-electron chi connectivity index (χ2n) is 11.0. The second-order valence-corrected chi connectivity index (χ2v) is 11.4. The summed E-state index contributed by atoms with van der Waals surface area (Å²) in [6.07, 6.45) is 0. The third-order valence-electron chi connectivity index (χ3n) is 6.92. The van der Waals surface area contributed by atoms with Crippen LogP contribution in [0.2, 0.25) is 5.02 Å². The average molecular weight is 550 g/mol. The van der Waals surface area contributed by atoms with Gasteiger partial charge in [-0.2, -0.15) is 0 Å². The van der Waals surface area contributed by atoms with Crippen LogP contribution in [0.4, 0.5) is 10.1 Å². The van der Waals surface area contributed by atoms with E-state index in [2.05, 4.69) is 20.8 Å². The van der Waals surface area contributed by atoms with E-state index in [1.54, 1.807) is 18.2 Å². The maximum Gasteiger partial charge on any atom is 0.300 e. The number of carbonyl (C=O) groups is 2. The van der Waals surface area contributed by atoms with Gasteiger partial charge < -0.3 is 9.84 Å². The van der Waals surface area contributed by atoms with E-state index in [4.69, 9.17) is 16.3 Å². The standard InChI is InChI=1S/C32H33ClFNO4/c1-7-39-26-15-10-20(16-23(26)18(2)3)29(36)27-28(19-8-11-21(12-9-19)32(4,5)6)35(31(38)30(27)37)22-13-14-25(34)24(33)17-22/h8-18,28,36H,7H2,1-6H3/b29-27-. The predicted octanol–water partition coefficient (Wildman–Crippen LogP) is 7.93. The largest absolute Gasteiger partial charge is 0.507 e. The summed E-state index contributed by atoms with van der Waals surface area (Å²) in [6, 6.07) is 15.7. The number of anilines is 1. The molecule has 5 nitrogen and oxygen atoms in total. The molecule has 1 amide bonds. The first-order chi connectivity index (χ1) is 18.3. The highest BCUT2D eigenvalue weighted by molar-refractivity contribution is 6.51. The lowest BCUT2D eigenvalue weighted by molar-refractivity contribution is -0.132. The third-order valence-corrected chi connectivity index (χ3v) is 7.21. The molecule has 1 aliphatic rings. The minimum atomic E-state index is -0.949. The number of halogens is 2. The molecule has 204 valence electrons. The number of aliphatic hydroxyl groups is 1. The topological polar surface area (TPSA) is 66.8 Å². The second kappa shape index (κ2) is 10.9. The number of nitrogens with zero attached hydrogens (tertiary/aromatic N) is 1. The number of benzene rings is 3. The summed E-state index contributed by atoms with van der Waals surface area (Å²) in [4.78, 5) is 28.2. The number of aliphatic hydroxyl groups excluding tert-OH is 1. The van der Waals surface area contributed by atoms with E-state index in [-0.39, 0.29) is 33.4 Å². The van der Waals surface area contributed by atoms with Gasteiger partial charge >= 0.3 is 0 Å². The summed E-state index contributed by atoms with van der Waals surface area (Å²) in [5.74, 6) is -1.82. The molecule has 0 saturated carbocycles. The smallest absolute Gasteiger partial charge is 0.300 e. The maximum atomic E-state index is 14.0. The molecule has 1 unspecified atom stereocenters. The van der Waals surface area contributed by atoms with Gasteiger partial charge in [-0.05, 0) is 71.3 Å². The van der Waals surface area contributed by atoms with Crippen molar-refractivity contribution in [1.82, 2.24) is 0 Å². The molecule has 1 heterocycles. The molecular formula is C32H33ClFNO4. The zero-order valence-corrected chi connectivity index (χ0v) is 23.8. The van der Waals surface area contributed by atoms with Crippen LogP contribution in [0.3, 0.4) is 0 Å². The first-order valence-corrected chi connectivity index (χ1v) is 13.4. The number of Topliss-reactive ketones (excluding diaryl/α,β-unsaturated/α-hetero) is 1. The van der Waals surface area contributed by atoms with E-state index in [1.807, 2.05) is 45.0 Å². The normalized spacial score (nSPS) is 17.3. The number of ketones is 1. The number of hydrogen-bond donors (Lipinski definition) is 1. The first kappa shape index (κ1) is 28.4. The van der Waals surface area contributed by atoms with Crippen LogP contribution in [0.5, 0.6) is 5.75 Å². The van der Waals surface area contributed by atoms with Crippen molar-refractivity contribution in [3.05, 3.63) is 99.3 Å². The Hall–Kier alpha value is -3.64. The fourth-order valence-corrected chi connectivity index (χ4v) is 4.98. The zero-order valence-electron chi connectivity index (χ0n) is 23.0. The Labute approximate surface area is 233 Å². The summed E-state index contributed by atoms with van der Waals surface area (Å²) in [7, 11) is 0. The van der Waals surface area contributed by atoms with Crippen LogP contribution in [-0.2, 0) is 15.0 Å². The Bertz CT molecular complexity index is 1450. The van der Waals surface area contributed by atoms with Gasteiger partial charge in [0.15, 0.2) is 0 Å². The minimum absolute atomic E-state index is 0.0529. The van der Waals surface area contributed by atoms with Gasteiger partial charge in [0.1, 0.15) is 17.3 Å². The Balaban J connectivity index is 1.94. The molecule has 1 saturated heterocycles. The van der Waals surface area contributed by atoms with Crippen molar-refractivity contribution in [2.45, 2.75) is 58.9 Å². The van der Waals surface area contributed by atoms with Gasteiger partial charge in [0.2, 0.25) is 0 Å². The van der Waals surface area contributed by atoms with Gasteiger partial charge in [-0.3, -0.25) is 14.5 Å². The van der Waals surface area contributed by atoms with E-state index in [1.165, 1.54) is 17.0 Å². The van der Waals surface area contributed by atoms with Gasteiger partial charge in [-0.15, -0.1) is 0 Å². The SMILES string of the molecule is CCOc1ccc(/C(O)=C2/C(=O)C(=O)N(c3ccc(F)c(Cl)c3)C2c2ccc(C(C)(C)C)cc2)cc1C(C)C. The molecule has 1 fully saturated rings. The van der Waals surface area contributed by atoms with E-state index in [0.29, 0.717) is 23.5 Å². The van der Waals surface area contributed by atoms with Crippen LogP contribution in [0.15, 0.2) is 66.2 Å². The first-order valence-electron chi connectivity index (χ1n) is 13.0. The van der Waals surface area contributed by atoms with Crippen LogP contribution >= 0.6 is 11.6 Å². The summed E-state index contributed by atoms with van der Waals surface area (Å²) < 4.78 is 19.7. The lowest BCUT2D eigenvalue weighted by Crippen LogP contribution is -2.29. The molecule has 3 aromatic rings. The summed E-state index contributed by atoms with van der Waals surface area (Å²) in [5.41, 5.74) is 3.05. The molecule has 0 aliphatic carbocycles. The fraction of sp³-hybridized carbons (Fsp3) is 0.312. The van der Waals surface area contributed by atoms with Crippen molar-refractivity contribution in [3.8, 4) is 5.75 Å². The summed E-state index contributed by atoms with van der Waals surface area (Å²) in [6.45, 7) is 12.7. The molecule has 0 radical (unpaired) electrons. The average Bonchev–Trinajstić information content (AvgIpc) is 3.15.